The number of nitrogens with zero attached hydrogens (tertiary/aromatic N) is 10. The van der Waals surface area contributed by atoms with E-state index in [4.69, 9.17) is 52.1 Å². The molecule has 2 heterocycles. The summed E-state index contributed by atoms with van der Waals surface area (Å²) in [7, 11) is -22.0. The van der Waals surface area contributed by atoms with Crippen LogP contribution in [-0.2, 0) is 40.5 Å². The van der Waals surface area contributed by atoms with E-state index in [0.29, 0.717) is 24.3 Å². The maximum Gasteiger partial charge on any atom is 1.00 e. The molecule has 0 radical (unpaired) electrons. The van der Waals surface area contributed by atoms with Crippen molar-refractivity contribution < 1.29 is 175 Å². The van der Waals surface area contributed by atoms with Crippen molar-refractivity contribution in [3.8, 4) is 5.75 Å². The van der Waals surface area contributed by atoms with Crippen LogP contribution in [0.25, 0.3) is 10.8 Å². The Morgan fingerprint density at radius 3 is 1.33 bits per heavy atom. The Morgan fingerprint density at radius 1 is 0.561 bits per heavy atom. The molecule has 26 nitrogen and oxygen atoms in total. The first-order valence-electron chi connectivity index (χ1n) is 15.4. The number of aromatic amines is 2. The molecule has 6 aromatic rings. The van der Waals surface area contributed by atoms with Gasteiger partial charge in [0.05, 0.1) is 37.4 Å². The molecule has 0 fully saturated rings. The van der Waals surface area contributed by atoms with Crippen LogP contribution in [0, 0.1) is 0 Å². The number of nitrogen functional groups attached to an aromatic ring is 1. The first-order valence-corrected chi connectivity index (χ1v) is 22.6. The topological polar surface area (TPSA) is 432 Å². The third-order valence-electron chi connectivity index (χ3n) is 7.46. The van der Waals surface area contributed by atoms with E-state index in [1.54, 1.807) is 0 Å². The molecule has 0 aliphatic heterocycles. The van der Waals surface area contributed by atoms with E-state index >= 15 is 0 Å². The van der Waals surface area contributed by atoms with Crippen LogP contribution in [0.1, 0.15) is 0 Å². The average Bonchev–Trinajstić information content (AvgIpc) is 3.11. The molecule has 324 valence electrons. The molecule has 5 N–H and O–H groups in total. The van der Waals surface area contributed by atoms with Gasteiger partial charge in [-0.2, -0.15) is 28.4 Å². The van der Waals surface area contributed by atoms with Crippen molar-refractivity contribution in [1.29, 1.82) is 0 Å². The third-order valence-corrected chi connectivity index (χ3v) is 11.6. The van der Waals surface area contributed by atoms with E-state index in [-0.39, 0.29) is 162 Å². The zero-order valence-electron chi connectivity index (χ0n) is 33.2. The quantitative estimate of drug-likeness (QED) is 0.0428. The first kappa shape index (κ1) is 60.5. The van der Waals surface area contributed by atoms with Crippen LogP contribution in [0.3, 0.4) is 0 Å². The second-order valence-electron chi connectivity index (χ2n) is 11.5. The summed E-state index contributed by atoms with van der Waals surface area (Å²) in [5.74, 6) is -1.60. The summed E-state index contributed by atoms with van der Waals surface area (Å²) in [5, 5.41) is 25.3. The minimum absolute atomic E-state index is 0. The van der Waals surface area contributed by atoms with Crippen LogP contribution >= 0.6 is 46.4 Å². The summed E-state index contributed by atoms with van der Waals surface area (Å²) in [6.45, 7) is 0. The monoisotopic (exact) mass is 1100 g/mol. The fraction of sp³-hybridized carbons (Fsp3) is 0. The fourth-order valence-corrected chi connectivity index (χ4v) is 8.29. The molecule has 66 heavy (non-hydrogen) atoms. The number of H-pyrrole nitrogens is 2. The van der Waals surface area contributed by atoms with Gasteiger partial charge in [-0.3, -0.25) is 14.5 Å². The number of fused-ring (bicyclic) bond motifs is 1. The number of halogens is 4. The molecule has 6 rings (SSSR count). The van der Waals surface area contributed by atoms with Gasteiger partial charge in [0.25, 0.3) is 10.1 Å². The van der Waals surface area contributed by atoms with Crippen molar-refractivity contribution in [3.63, 3.8) is 0 Å². The van der Waals surface area contributed by atoms with Gasteiger partial charge in [-0.05, 0) is 100 Å². The average molecular weight is 1100 g/mol. The van der Waals surface area contributed by atoms with Crippen LogP contribution in [0.2, 0.25) is 21.1 Å². The van der Waals surface area contributed by atoms with E-state index in [2.05, 4.69) is 60.3 Å². The smallest absolute Gasteiger partial charge is 0.870 e. The Kier molecular flexibility index (Phi) is 21.5. The van der Waals surface area contributed by atoms with Crippen LogP contribution in [0.5, 0.6) is 5.75 Å². The number of hydrogen-bond acceptors (Lipinski definition) is 23. The second kappa shape index (κ2) is 23.5. The summed E-state index contributed by atoms with van der Waals surface area (Å²) >= 11 is 23.1. The van der Waals surface area contributed by atoms with E-state index in [1.807, 2.05) is 0 Å². The molecule has 0 bridgehead atoms. The van der Waals surface area contributed by atoms with Crippen LogP contribution in [0.4, 0.5) is 39.8 Å². The van der Waals surface area contributed by atoms with Crippen molar-refractivity contribution in [3.05, 3.63) is 80.9 Å². The predicted octanol–water partition coefficient (Wildman–Crippen LogP) is -8.38. The summed E-state index contributed by atoms with van der Waals surface area (Å²) in [4.78, 5) is 22.6. The normalized spacial score (nSPS) is 12.7. The van der Waals surface area contributed by atoms with E-state index in [1.165, 1.54) is 0 Å². The molecule has 38 heteroatoms. The Labute approximate surface area is 478 Å². The number of rotatable bonds is 10. The molecule has 0 atom stereocenters. The van der Waals surface area contributed by atoms with Crippen LogP contribution < -0.4 is 140 Å². The second-order valence-corrected chi connectivity index (χ2v) is 18.3. The van der Waals surface area contributed by atoms with Crippen molar-refractivity contribution >= 4 is 137 Å². The minimum atomic E-state index is -5.72. The molecule has 0 unspecified atom stereocenters. The number of hydrogen-bond donors (Lipinski definition) is 4. The van der Waals surface area contributed by atoms with Gasteiger partial charge in [0.1, 0.15) is 52.3 Å². The van der Waals surface area contributed by atoms with E-state index in [9.17, 15) is 57.0 Å². The molecular formula is C28H13Cl4N13Na4O13S4. The number of anilines is 1. The molecule has 0 spiro atoms. The molecule has 0 amide bonds. The first-order chi connectivity index (χ1) is 28.7. The predicted molar refractivity (Wildman–Crippen MR) is 206 cm³/mol. The van der Waals surface area contributed by atoms with Crippen molar-refractivity contribution in [2.75, 3.05) is 5.73 Å². The number of azo groups is 2. The SMILES string of the molecule is Nc1c(N=Nc2cc(N=c3nc(Cl)nc(Cl)[nH]3)ccc2S(=O)(=O)[O-])c(S(=O)(=O)[O-])cc2cc(S(=O)(=O)O)c(N=Nc3cc(N=c4nc(Cl)nc(Cl)[nH]4)ccc3S(=O)(=O)[O-])c([O-])c12.[Na+].[Na+].[Na+].[Na+]. The van der Waals surface area contributed by atoms with Gasteiger partial charge in [-0.25, -0.2) is 35.2 Å². The van der Waals surface area contributed by atoms with E-state index in [0.717, 1.165) is 24.3 Å². The summed E-state index contributed by atoms with van der Waals surface area (Å²) < 4.78 is 145. The van der Waals surface area contributed by atoms with Gasteiger partial charge in [0.2, 0.25) is 32.4 Å². The summed E-state index contributed by atoms with van der Waals surface area (Å²) in [6, 6.07) is 5.84. The molecule has 4 aromatic carbocycles. The van der Waals surface area contributed by atoms with Crippen molar-refractivity contribution in [2.24, 2.45) is 30.4 Å². The Hall–Kier alpha value is -1.64. The molecule has 2 aromatic heterocycles. The number of nitrogens with one attached hydrogen (secondary N) is 2. The van der Waals surface area contributed by atoms with Gasteiger partial charge < -0.3 is 24.5 Å². The maximum absolute atomic E-state index is 14.0. The molecule has 0 saturated carbocycles. The van der Waals surface area contributed by atoms with Gasteiger partial charge >= 0.3 is 118 Å². The van der Waals surface area contributed by atoms with E-state index < -0.39 is 105 Å². The third kappa shape index (κ3) is 14.7. The number of aromatic nitrogens is 6. The standard InChI is InChI=1S/C28H17Cl4N13O13S4.4Na/c29-23-36-24(30)39-27(38-23)34-10-1-3-14(59(47,48)49)12(7-10)42-44-20-16(61(53,54)55)5-9-6-17(62(56,57)58)21(22(46)18(9)19(20)33)45-43-13-8-11(2-4-15(13)60(50,51)52)35-28-40-25(31)37-26(32)41-28;;;;/h1-8,46H,33H2,(H,47,48,49)(H,50,51,52)(H,53,54,55)(H,56,57,58)(H,34,36,38,39)(H,35,37,40,41);;;;/q;4*+1/p-4. The molecule has 0 aliphatic rings. The summed E-state index contributed by atoms with van der Waals surface area (Å²) in [5.41, 5.74) is -0.138. The number of nitrogens with two attached hydrogens (primary N) is 1. The van der Waals surface area contributed by atoms with Crippen molar-refractivity contribution in [1.82, 2.24) is 29.9 Å². The Bertz CT molecular complexity index is 3320. The molecular weight excluding hydrogens is 1090 g/mol. The van der Waals surface area contributed by atoms with Crippen LogP contribution in [-0.4, -0.2) is 81.8 Å². The maximum atomic E-state index is 14.0. The van der Waals surface area contributed by atoms with Crippen molar-refractivity contribution in [2.45, 2.75) is 19.6 Å². The summed E-state index contributed by atoms with van der Waals surface area (Å²) in [6.07, 6.45) is 0. The van der Waals surface area contributed by atoms with Gasteiger partial charge in [-0.1, -0.05) is 5.75 Å². The Morgan fingerprint density at radius 2 is 0.955 bits per heavy atom. The largest absolute Gasteiger partial charge is 1.00 e. The zero-order valence-corrected chi connectivity index (χ0v) is 47.4. The molecule has 0 aliphatic carbocycles. The molecule has 0 saturated heterocycles. The van der Waals surface area contributed by atoms with Crippen LogP contribution in [0.15, 0.2) is 98.6 Å². The number of benzene rings is 4. The van der Waals surface area contributed by atoms with Gasteiger partial charge in [0.15, 0.2) is 0 Å². The fourth-order valence-electron chi connectivity index (χ4n) is 5.05. The van der Waals surface area contributed by atoms with Gasteiger partial charge in [-0.15, -0.1) is 20.5 Å². The minimum Gasteiger partial charge on any atom is -0.870 e. The Balaban J connectivity index is 0.00000374. The zero-order chi connectivity index (χ0) is 45.7. The van der Waals surface area contributed by atoms with Gasteiger partial charge in [0, 0.05) is 5.39 Å².